The minimum Gasteiger partial charge on any atom is -0.352 e. The Balaban J connectivity index is 0.000000980. The van der Waals surface area contributed by atoms with Crippen molar-refractivity contribution in [1.29, 1.82) is 0 Å². The van der Waals surface area contributed by atoms with E-state index >= 15 is 0 Å². The van der Waals surface area contributed by atoms with Crippen LogP contribution in [0.4, 0.5) is 4.79 Å². The monoisotopic (exact) mass is 312 g/mol. The number of amides is 2. The summed E-state index contributed by atoms with van der Waals surface area (Å²) in [4.78, 5) is 9.00. The third-order valence-corrected chi connectivity index (χ3v) is 4.80. The zero-order valence-electron chi connectivity index (χ0n) is 15.0. The third-order valence-electron chi connectivity index (χ3n) is 4.80. The van der Waals surface area contributed by atoms with Crippen LogP contribution in [0.25, 0.3) is 0 Å². The highest BCUT2D eigenvalue weighted by atomic mass is 16.2. The summed E-state index contributed by atoms with van der Waals surface area (Å²) in [7, 11) is 0. The maximum absolute atomic E-state index is 9.00. The van der Waals surface area contributed by atoms with Crippen LogP contribution in [0.15, 0.2) is 0 Å². The number of hydrogen-bond acceptors (Lipinski definition) is 1. The second-order valence-electron chi connectivity index (χ2n) is 6.85. The lowest BCUT2D eigenvalue weighted by Crippen LogP contribution is -2.18. The molecule has 4 N–H and O–H groups in total. The van der Waals surface area contributed by atoms with Gasteiger partial charge in [0.15, 0.2) is 0 Å². The predicted molar refractivity (Wildman–Crippen MR) is 96.8 cm³/mol. The standard InChI is InChI=1S/C18H36.CH4N2O/c1-2-18-16-14-12-10-8-6-4-3-5-7-9-11-13-15-17-18;2-1(3)4/h18H,2-17H2,1H3;(H4,2,3,4). The lowest BCUT2D eigenvalue weighted by molar-refractivity contribution is 0.256. The largest absolute Gasteiger partial charge is 0.352 e. The van der Waals surface area contributed by atoms with E-state index in [2.05, 4.69) is 18.4 Å². The van der Waals surface area contributed by atoms with Crippen LogP contribution in [0.1, 0.15) is 110 Å². The van der Waals surface area contributed by atoms with Gasteiger partial charge in [0.1, 0.15) is 0 Å². The van der Waals surface area contributed by atoms with Crippen LogP contribution >= 0.6 is 0 Å². The van der Waals surface area contributed by atoms with Gasteiger partial charge in [-0.3, -0.25) is 0 Å². The molecule has 3 nitrogen and oxygen atoms in total. The highest BCUT2D eigenvalue weighted by molar-refractivity contribution is 5.69. The topological polar surface area (TPSA) is 69.1 Å². The Morgan fingerprint density at radius 1 is 0.682 bits per heavy atom. The second-order valence-corrected chi connectivity index (χ2v) is 6.85. The fourth-order valence-electron chi connectivity index (χ4n) is 3.36. The SMILES string of the molecule is CCC1CCCCCCCCCCCCCCC1.NC(N)=O. The molecule has 0 aliphatic heterocycles. The van der Waals surface area contributed by atoms with Crippen LogP contribution in [0.5, 0.6) is 0 Å². The van der Waals surface area contributed by atoms with Gasteiger partial charge in [-0.05, 0) is 5.92 Å². The van der Waals surface area contributed by atoms with Crippen LogP contribution in [0, 0.1) is 5.92 Å². The zero-order chi connectivity index (χ0) is 16.5. The summed E-state index contributed by atoms with van der Waals surface area (Å²) in [5, 5.41) is 0. The van der Waals surface area contributed by atoms with E-state index in [-0.39, 0.29) is 0 Å². The second kappa shape index (κ2) is 16.6. The van der Waals surface area contributed by atoms with E-state index < -0.39 is 6.03 Å². The van der Waals surface area contributed by atoms with Crippen molar-refractivity contribution < 1.29 is 4.79 Å². The van der Waals surface area contributed by atoms with Crippen LogP contribution < -0.4 is 11.5 Å². The molecule has 1 rings (SSSR count). The fraction of sp³-hybridized carbons (Fsp3) is 0.947. The Kier molecular flexibility index (Phi) is 16.1. The minimum atomic E-state index is -0.833. The average Bonchev–Trinajstić information content (AvgIpc) is 2.47. The zero-order valence-corrected chi connectivity index (χ0v) is 15.0. The number of carbonyl (C=O) groups excluding carboxylic acids is 1. The molecule has 0 heterocycles. The summed E-state index contributed by atoms with van der Waals surface area (Å²) in [6.07, 6.45) is 23.9. The maximum atomic E-state index is 9.00. The maximum Gasteiger partial charge on any atom is 0.309 e. The summed E-state index contributed by atoms with van der Waals surface area (Å²) in [5.74, 6) is 1.04. The quantitative estimate of drug-likeness (QED) is 0.621. The summed E-state index contributed by atoms with van der Waals surface area (Å²) in [5.41, 5.74) is 8.50. The van der Waals surface area contributed by atoms with Crippen molar-refractivity contribution in [2.24, 2.45) is 17.4 Å². The molecule has 0 saturated heterocycles. The number of urea groups is 1. The molecule has 0 spiro atoms. The van der Waals surface area contributed by atoms with Crippen molar-refractivity contribution in [3.8, 4) is 0 Å². The Morgan fingerprint density at radius 3 is 1.14 bits per heavy atom. The first-order valence-corrected chi connectivity index (χ1v) is 9.71. The van der Waals surface area contributed by atoms with Gasteiger partial charge >= 0.3 is 6.03 Å². The highest BCUT2D eigenvalue weighted by Crippen LogP contribution is 2.22. The van der Waals surface area contributed by atoms with Crippen molar-refractivity contribution in [1.82, 2.24) is 0 Å². The first-order chi connectivity index (χ1) is 10.7. The van der Waals surface area contributed by atoms with Crippen molar-refractivity contribution >= 4 is 6.03 Å². The van der Waals surface area contributed by atoms with Gasteiger partial charge in [-0.2, -0.15) is 0 Å². The Labute approximate surface area is 138 Å². The van der Waals surface area contributed by atoms with Crippen LogP contribution in [-0.4, -0.2) is 6.03 Å². The number of nitrogens with two attached hydrogens (primary N) is 2. The first kappa shape index (κ1) is 21.3. The summed E-state index contributed by atoms with van der Waals surface area (Å²) < 4.78 is 0. The summed E-state index contributed by atoms with van der Waals surface area (Å²) >= 11 is 0. The lowest BCUT2D eigenvalue weighted by Gasteiger charge is -2.14. The van der Waals surface area contributed by atoms with Crippen molar-refractivity contribution in [3.63, 3.8) is 0 Å². The minimum absolute atomic E-state index is 0.833. The molecular formula is C19H40N2O. The molecule has 0 radical (unpaired) electrons. The first-order valence-electron chi connectivity index (χ1n) is 9.71. The molecule has 132 valence electrons. The number of primary amides is 2. The molecule has 1 aliphatic carbocycles. The van der Waals surface area contributed by atoms with E-state index in [9.17, 15) is 0 Å². The molecule has 0 bridgehead atoms. The van der Waals surface area contributed by atoms with Gasteiger partial charge in [-0.25, -0.2) is 4.79 Å². The van der Waals surface area contributed by atoms with E-state index in [1.807, 2.05) is 0 Å². The molecule has 2 amide bonds. The smallest absolute Gasteiger partial charge is 0.309 e. The molecular weight excluding hydrogens is 272 g/mol. The normalized spacial score (nSPS) is 20.6. The van der Waals surface area contributed by atoms with Gasteiger partial charge in [0.05, 0.1) is 0 Å². The summed E-state index contributed by atoms with van der Waals surface area (Å²) in [6.45, 7) is 2.39. The molecule has 0 atom stereocenters. The molecule has 3 heteroatoms. The van der Waals surface area contributed by atoms with Gasteiger partial charge in [0.25, 0.3) is 0 Å². The molecule has 1 saturated carbocycles. The lowest BCUT2D eigenvalue weighted by atomic mass is 9.92. The van der Waals surface area contributed by atoms with Gasteiger partial charge in [0.2, 0.25) is 0 Å². The number of carbonyl (C=O) groups is 1. The molecule has 0 aromatic rings. The number of rotatable bonds is 1. The summed E-state index contributed by atoms with van der Waals surface area (Å²) in [6, 6.07) is -0.833. The van der Waals surface area contributed by atoms with E-state index in [0.29, 0.717) is 0 Å². The molecule has 22 heavy (non-hydrogen) atoms. The van der Waals surface area contributed by atoms with Crippen molar-refractivity contribution in [3.05, 3.63) is 0 Å². The van der Waals surface area contributed by atoms with Gasteiger partial charge < -0.3 is 11.5 Å². The molecule has 1 fully saturated rings. The van der Waals surface area contributed by atoms with Gasteiger partial charge in [0, 0.05) is 0 Å². The molecule has 0 aromatic heterocycles. The van der Waals surface area contributed by atoms with E-state index in [4.69, 9.17) is 4.79 Å². The average molecular weight is 313 g/mol. The molecule has 1 aliphatic rings. The van der Waals surface area contributed by atoms with Crippen molar-refractivity contribution in [2.75, 3.05) is 0 Å². The van der Waals surface area contributed by atoms with E-state index in [1.165, 1.54) is 103 Å². The fourth-order valence-corrected chi connectivity index (χ4v) is 3.36. The Hall–Kier alpha value is -0.730. The molecule has 0 unspecified atom stereocenters. The van der Waals surface area contributed by atoms with E-state index in [1.54, 1.807) is 0 Å². The molecule has 0 aromatic carbocycles. The third kappa shape index (κ3) is 17.3. The predicted octanol–water partition coefficient (Wildman–Crippen LogP) is 5.90. The van der Waals surface area contributed by atoms with Crippen molar-refractivity contribution in [2.45, 2.75) is 110 Å². The van der Waals surface area contributed by atoms with Crippen LogP contribution in [-0.2, 0) is 0 Å². The highest BCUT2D eigenvalue weighted by Gasteiger charge is 2.06. The number of hydrogen-bond donors (Lipinski definition) is 2. The van der Waals surface area contributed by atoms with Crippen LogP contribution in [0.2, 0.25) is 0 Å². The van der Waals surface area contributed by atoms with E-state index in [0.717, 1.165) is 5.92 Å². The Morgan fingerprint density at radius 2 is 0.909 bits per heavy atom. The van der Waals surface area contributed by atoms with Crippen LogP contribution in [0.3, 0.4) is 0 Å². The Bertz CT molecular complexity index is 224. The van der Waals surface area contributed by atoms with Gasteiger partial charge in [-0.15, -0.1) is 0 Å². The van der Waals surface area contributed by atoms with Gasteiger partial charge in [-0.1, -0.05) is 110 Å².